The van der Waals surface area contributed by atoms with E-state index in [1.54, 1.807) is 12.1 Å². The molecule has 3 N–H and O–H groups in total. The van der Waals surface area contributed by atoms with Crippen LogP contribution in [0.5, 0.6) is 5.75 Å². The van der Waals surface area contributed by atoms with Gasteiger partial charge in [-0.3, -0.25) is 4.79 Å². The van der Waals surface area contributed by atoms with Crippen molar-refractivity contribution in [1.82, 2.24) is 0 Å². The molecule has 14 heavy (non-hydrogen) atoms. The Morgan fingerprint density at radius 3 is 2.79 bits per heavy atom. The minimum absolute atomic E-state index is 0.200. The molecule has 0 aromatic heterocycles. The fourth-order valence-corrected chi connectivity index (χ4v) is 1.62. The lowest BCUT2D eigenvalue weighted by Crippen LogP contribution is -2.13. The van der Waals surface area contributed by atoms with Gasteiger partial charge in [-0.25, -0.2) is 0 Å². The second-order valence-corrected chi connectivity index (χ2v) is 3.85. The lowest BCUT2D eigenvalue weighted by molar-refractivity contribution is 0.0999. The Hall–Kier alpha value is -1.51. The van der Waals surface area contributed by atoms with Gasteiger partial charge in [0, 0.05) is 5.56 Å². The number of carbonyl (C=O) groups is 1. The highest BCUT2D eigenvalue weighted by atomic mass is 16.3. The van der Waals surface area contributed by atoms with E-state index in [9.17, 15) is 9.90 Å². The van der Waals surface area contributed by atoms with Crippen molar-refractivity contribution in [3.8, 4) is 5.75 Å². The maximum absolute atomic E-state index is 11.1. The van der Waals surface area contributed by atoms with E-state index >= 15 is 0 Å². The highest BCUT2D eigenvalue weighted by molar-refractivity contribution is 5.94. The van der Waals surface area contributed by atoms with Gasteiger partial charge in [0.15, 0.2) is 0 Å². The SMILES string of the molecule is NC(=O)c1ccc(O)cc1CC1CC1. The summed E-state index contributed by atoms with van der Waals surface area (Å²) in [6.45, 7) is 0. The van der Waals surface area contributed by atoms with Crippen LogP contribution in [0, 0.1) is 5.92 Å². The minimum atomic E-state index is -0.416. The lowest BCUT2D eigenvalue weighted by Gasteiger charge is -2.06. The summed E-state index contributed by atoms with van der Waals surface area (Å²) in [6, 6.07) is 4.73. The molecule has 3 nitrogen and oxygen atoms in total. The summed E-state index contributed by atoms with van der Waals surface area (Å²) in [5, 5.41) is 9.30. The van der Waals surface area contributed by atoms with Gasteiger partial charge in [0.1, 0.15) is 5.75 Å². The van der Waals surface area contributed by atoms with E-state index in [0.717, 1.165) is 12.0 Å². The van der Waals surface area contributed by atoms with Crippen LogP contribution < -0.4 is 5.73 Å². The molecule has 1 aromatic rings. The van der Waals surface area contributed by atoms with E-state index < -0.39 is 5.91 Å². The Bertz CT molecular complexity index is 370. The van der Waals surface area contributed by atoms with E-state index in [0.29, 0.717) is 11.5 Å². The van der Waals surface area contributed by atoms with Crippen LogP contribution in [0.15, 0.2) is 18.2 Å². The van der Waals surface area contributed by atoms with Gasteiger partial charge in [-0.1, -0.05) is 0 Å². The molecule has 2 rings (SSSR count). The number of hydrogen-bond acceptors (Lipinski definition) is 2. The maximum atomic E-state index is 11.1. The summed E-state index contributed by atoms with van der Waals surface area (Å²) in [5.74, 6) is 0.459. The molecule has 0 heterocycles. The van der Waals surface area contributed by atoms with E-state index in [1.165, 1.54) is 18.9 Å². The van der Waals surface area contributed by atoms with Crippen LogP contribution >= 0.6 is 0 Å². The number of phenols is 1. The standard InChI is InChI=1S/C11H13NO2/c12-11(14)10-4-3-9(13)6-8(10)5-7-1-2-7/h3-4,6-7,13H,1-2,5H2,(H2,12,14). The number of rotatable bonds is 3. The molecule has 3 heteroatoms. The molecule has 74 valence electrons. The van der Waals surface area contributed by atoms with Gasteiger partial charge in [-0.2, -0.15) is 0 Å². The number of aromatic hydroxyl groups is 1. The monoisotopic (exact) mass is 191 g/mol. The average Bonchev–Trinajstić information content (AvgIpc) is 2.87. The van der Waals surface area contributed by atoms with Crippen LogP contribution in [0.4, 0.5) is 0 Å². The molecular formula is C11H13NO2. The van der Waals surface area contributed by atoms with Crippen molar-refractivity contribution in [3.63, 3.8) is 0 Å². The highest BCUT2D eigenvalue weighted by Gasteiger charge is 2.23. The summed E-state index contributed by atoms with van der Waals surface area (Å²) in [5.41, 5.74) is 6.65. The fourth-order valence-electron chi connectivity index (χ4n) is 1.62. The summed E-state index contributed by atoms with van der Waals surface area (Å²) >= 11 is 0. The average molecular weight is 191 g/mol. The number of amides is 1. The molecular weight excluding hydrogens is 178 g/mol. The quantitative estimate of drug-likeness (QED) is 0.759. The number of benzene rings is 1. The first-order valence-electron chi connectivity index (χ1n) is 4.78. The van der Waals surface area contributed by atoms with Crippen molar-refractivity contribution < 1.29 is 9.90 Å². The van der Waals surface area contributed by atoms with Gasteiger partial charge in [-0.15, -0.1) is 0 Å². The normalized spacial score (nSPS) is 15.4. The van der Waals surface area contributed by atoms with Gasteiger partial charge in [0.25, 0.3) is 0 Å². The molecule has 1 aliphatic rings. The molecule has 1 fully saturated rings. The lowest BCUT2D eigenvalue weighted by atomic mass is 10.0. The largest absolute Gasteiger partial charge is 0.508 e. The van der Waals surface area contributed by atoms with E-state index in [4.69, 9.17) is 5.73 Å². The first-order chi connectivity index (χ1) is 6.66. The molecule has 1 amide bonds. The van der Waals surface area contributed by atoms with Gasteiger partial charge < -0.3 is 10.8 Å². The van der Waals surface area contributed by atoms with Crippen molar-refractivity contribution in [1.29, 1.82) is 0 Å². The van der Waals surface area contributed by atoms with Crippen LogP contribution in [0.25, 0.3) is 0 Å². The molecule has 1 aromatic carbocycles. The van der Waals surface area contributed by atoms with Crippen molar-refractivity contribution >= 4 is 5.91 Å². The van der Waals surface area contributed by atoms with Gasteiger partial charge in [-0.05, 0) is 48.9 Å². The Morgan fingerprint density at radius 1 is 1.50 bits per heavy atom. The van der Waals surface area contributed by atoms with Gasteiger partial charge >= 0.3 is 0 Å². The third-order valence-corrected chi connectivity index (χ3v) is 2.56. The molecule has 0 bridgehead atoms. The second-order valence-electron chi connectivity index (χ2n) is 3.85. The summed E-state index contributed by atoms with van der Waals surface area (Å²) in [4.78, 5) is 11.1. The summed E-state index contributed by atoms with van der Waals surface area (Å²) in [7, 11) is 0. The third-order valence-electron chi connectivity index (χ3n) is 2.56. The first kappa shape index (κ1) is 9.06. The third kappa shape index (κ3) is 1.87. The number of carbonyl (C=O) groups excluding carboxylic acids is 1. The molecule has 0 atom stereocenters. The zero-order valence-corrected chi connectivity index (χ0v) is 7.86. The molecule has 1 aliphatic carbocycles. The smallest absolute Gasteiger partial charge is 0.248 e. The topological polar surface area (TPSA) is 63.3 Å². The van der Waals surface area contributed by atoms with Crippen molar-refractivity contribution in [3.05, 3.63) is 29.3 Å². The van der Waals surface area contributed by atoms with Crippen LogP contribution in [-0.4, -0.2) is 11.0 Å². The summed E-state index contributed by atoms with van der Waals surface area (Å²) in [6.07, 6.45) is 3.29. The number of nitrogens with two attached hydrogens (primary N) is 1. The Labute approximate surface area is 82.5 Å². The van der Waals surface area contributed by atoms with E-state index in [-0.39, 0.29) is 5.75 Å². The highest BCUT2D eigenvalue weighted by Crippen LogP contribution is 2.34. The first-order valence-corrected chi connectivity index (χ1v) is 4.78. The molecule has 0 aliphatic heterocycles. The second kappa shape index (κ2) is 3.33. The Balaban J connectivity index is 2.31. The van der Waals surface area contributed by atoms with Crippen LogP contribution in [0.3, 0.4) is 0 Å². The van der Waals surface area contributed by atoms with E-state index in [1.807, 2.05) is 0 Å². The van der Waals surface area contributed by atoms with Crippen LogP contribution in [0.2, 0.25) is 0 Å². The van der Waals surface area contributed by atoms with Crippen LogP contribution in [-0.2, 0) is 6.42 Å². The number of primary amides is 1. The molecule has 1 saturated carbocycles. The number of phenolic OH excluding ortho intramolecular Hbond substituents is 1. The van der Waals surface area contributed by atoms with Crippen molar-refractivity contribution in [2.24, 2.45) is 11.7 Å². The summed E-state index contributed by atoms with van der Waals surface area (Å²) < 4.78 is 0. The molecule has 0 spiro atoms. The fraction of sp³-hybridized carbons (Fsp3) is 0.364. The molecule has 0 radical (unpaired) electrons. The van der Waals surface area contributed by atoms with Gasteiger partial charge in [0.2, 0.25) is 5.91 Å². The Kier molecular flexibility index (Phi) is 2.15. The predicted molar refractivity (Wildman–Crippen MR) is 53.1 cm³/mol. The minimum Gasteiger partial charge on any atom is -0.508 e. The van der Waals surface area contributed by atoms with E-state index in [2.05, 4.69) is 0 Å². The predicted octanol–water partition coefficient (Wildman–Crippen LogP) is 1.44. The zero-order chi connectivity index (χ0) is 10.1. The maximum Gasteiger partial charge on any atom is 0.248 e. The zero-order valence-electron chi connectivity index (χ0n) is 7.86. The number of hydrogen-bond donors (Lipinski definition) is 2. The van der Waals surface area contributed by atoms with Gasteiger partial charge in [0.05, 0.1) is 0 Å². The molecule has 0 saturated heterocycles. The van der Waals surface area contributed by atoms with Crippen molar-refractivity contribution in [2.75, 3.05) is 0 Å². The van der Waals surface area contributed by atoms with Crippen molar-refractivity contribution in [2.45, 2.75) is 19.3 Å². The molecule has 0 unspecified atom stereocenters. The Morgan fingerprint density at radius 2 is 2.21 bits per heavy atom. The van der Waals surface area contributed by atoms with Crippen LogP contribution in [0.1, 0.15) is 28.8 Å².